The van der Waals surface area contributed by atoms with E-state index in [1.165, 1.54) is 54.8 Å². The van der Waals surface area contributed by atoms with Gasteiger partial charge in [0.15, 0.2) is 0 Å². The van der Waals surface area contributed by atoms with Gasteiger partial charge in [-0.3, -0.25) is 0 Å². The van der Waals surface area contributed by atoms with E-state index >= 15 is 0 Å². The van der Waals surface area contributed by atoms with Crippen molar-refractivity contribution in [2.24, 2.45) is 0 Å². The summed E-state index contributed by atoms with van der Waals surface area (Å²) in [4.78, 5) is 22.4. The zero-order valence-electron chi connectivity index (χ0n) is 22.6. The fraction of sp³-hybridized carbons (Fsp3) is 0.607. The number of aromatic nitrogens is 2. The van der Waals surface area contributed by atoms with E-state index in [0.29, 0.717) is 31.3 Å². The van der Waals surface area contributed by atoms with Crippen molar-refractivity contribution in [3.8, 4) is 5.88 Å². The number of carbonyl (C=O) groups is 1. The van der Waals surface area contributed by atoms with Crippen LogP contribution in [0.15, 0.2) is 47.0 Å². The highest BCUT2D eigenvalue weighted by Gasteiger charge is 2.20. The third kappa shape index (κ3) is 9.48. The molecule has 2 aliphatic rings. The Morgan fingerprint density at radius 3 is 2.73 bits per heavy atom. The first-order valence-electron chi connectivity index (χ1n) is 13.4. The van der Waals surface area contributed by atoms with Crippen LogP contribution >= 0.6 is 0 Å². The highest BCUT2D eigenvalue weighted by Crippen LogP contribution is 2.27. The SMILES string of the molecule is COCCN(CCCCC1=C(\C)CCC2=C(/C=C\1)CCCN2)CC[C@H](Nc1cnc(OC)cn1)C(=O)O. The molecule has 0 aromatic carbocycles. The van der Waals surface area contributed by atoms with Gasteiger partial charge < -0.3 is 30.1 Å². The summed E-state index contributed by atoms with van der Waals surface area (Å²) in [6.45, 7) is 6.33. The standard InChI is InChI=1S/C28H43N5O4/c1-21-9-12-24-23(8-6-14-29-24)11-10-22(21)7-4-5-15-33(17-18-36-2)16-13-25(28(34)35)32-26-19-31-27(37-3)20-30-26/h10-11,19-20,25,29H,4-9,12-18H2,1-3H3,(H,30,32)(H,34,35)/b11-10-,22-21-/t25-/m0/s1. The molecule has 3 N–H and O–H groups in total. The second-order valence-corrected chi connectivity index (χ2v) is 9.73. The van der Waals surface area contributed by atoms with E-state index < -0.39 is 12.0 Å². The van der Waals surface area contributed by atoms with E-state index in [2.05, 4.69) is 44.6 Å². The lowest BCUT2D eigenvalue weighted by Gasteiger charge is -2.25. The van der Waals surface area contributed by atoms with E-state index in [4.69, 9.17) is 9.47 Å². The Morgan fingerprint density at radius 2 is 2.00 bits per heavy atom. The quantitative estimate of drug-likeness (QED) is 0.298. The van der Waals surface area contributed by atoms with E-state index in [1.807, 2.05) is 0 Å². The molecule has 3 rings (SSSR count). The van der Waals surface area contributed by atoms with Gasteiger partial charge in [-0.15, -0.1) is 0 Å². The third-order valence-corrected chi connectivity index (χ3v) is 7.11. The Morgan fingerprint density at radius 1 is 1.14 bits per heavy atom. The van der Waals surface area contributed by atoms with Crippen LogP contribution in [0, 0.1) is 0 Å². The Labute approximate surface area is 221 Å². The zero-order chi connectivity index (χ0) is 26.5. The fourth-order valence-electron chi connectivity index (χ4n) is 4.78. The number of allylic oxidation sites excluding steroid dienone is 6. The van der Waals surface area contributed by atoms with Crippen LogP contribution < -0.4 is 15.4 Å². The number of carboxylic acids is 1. The van der Waals surface area contributed by atoms with Crippen LogP contribution in [0.4, 0.5) is 5.82 Å². The topological polar surface area (TPSA) is 109 Å². The summed E-state index contributed by atoms with van der Waals surface area (Å²) < 4.78 is 10.3. The van der Waals surface area contributed by atoms with Crippen molar-refractivity contribution in [1.82, 2.24) is 20.2 Å². The van der Waals surface area contributed by atoms with Crippen LogP contribution in [0.25, 0.3) is 0 Å². The molecule has 1 aromatic heterocycles. The van der Waals surface area contributed by atoms with Crippen LogP contribution in [-0.2, 0) is 9.53 Å². The number of aliphatic carboxylic acids is 1. The van der Waals surface area contributed by atoms with Crippen LogP contribution in [0.3, 0.4) is 0 Å². The molecule has 2 heterocycles. The normalized spacial score (nSPS) is 19.5. The summed E-state index contributed by atoms with van der Waals surface area (Å²) in [5, 5.41) is 16.3. The first kappa shape index (κ1) is 28.7. The molecule has 0 unspecified atom stereocenters. The number of nitrogens with one attached hydrogen (secondary N) is 2. The van der Waals surface area contributed by atoms with Gasteiger partial charge in [0.1, 0.15) is 11.9 Å². The molecule has 37 heavy (non-hydrogen) atoms. The van der Waals surface area contributed by atoms with Crippen molar-refractivity contribution in [3.63, 3.8) is 0 Å². The van der Waals surface area contributed by atoms with Crippen molar-refractivity contribution < 1.29 is 19.4 Å². The summed E-state index contributed by atoms with van der Waals surface area (Å²) in [7, 11) is 3.21. The van der Waals surface area contributed by atoms with Crippen molar-refractivity contribution in [1.29, 1.82) is 0 Å². The van der Waals surface area contributed by atoms with Gasteiger partial charge in [0.2, 0.25) is 5.88 Å². The molecule has 1 aliphatic heterocycles. The number of nitrogens with zero attached hydrogens (tertiary/aromatic N) is 3. The molecular formula is C28H43N5O4. The molecule has 1 aliphatic carbocycles. The Hall–Kier alpha value is -2.91. The average molecular weight is 514 g/mol. The largest absolute Gasteiger partial charge is 0.480 e. The summed E-state index contributed by atoms with van der Waals surface area (Å²) in [5.74, 6) is -0.106. The Kier molecular flexibility index (Phi) is 11.9. The van der Waals surface area contributed by atoms with Gasteiger partial charge in [0, 0.05) is 32.4 Å². The first-order chi connectivity index (χ1) is 18.0. The molecule has 1 atom stereocenters. The zero-order valence-corrected chi connectivity index (χ0v) is 22.6. The van der Waals surface area contributed by atoms with E-state index in [-0.39, 0.29) is 0 Å². The number of carboxylic acid groups (broad SMARTS) is 1. The molecule has 0 radical (unpaired) electrons. The number of hydrogen-bond donors (Lipinski definition) is 3. The maximum Gasteiger partial charge on any atom is 0.326 e. The number of anilines is 1. The monoisotopic (exact) mass is 513 g/mol. The van der Waals surface area contributed by atoms with Gasteiger partial charge in [-0.25, -0.2) is 14.8 Å². The highest BCUT2D eigenvalue weighted by molar-refractivity contribution is 5.76. The number of ether oxygens (including phenoxy) is 2. The van der Waals surface area contributed by atoms with E-state index in [9.17, 15) is 9.90 Å². The minimum atomic E-state index is -0.908. The molecule has 9 nitrogen and oxygen atoms in total. The van der Waals surface area contributed by atoms with Crippen molar-refractivity contribution in [2.75, 3.05) is 52.3 Å². The lowest BCUT2D eigenvalue weighted by Crippen LogP contribution is -2.36. The molecule has 0 amide bonds. The predicted molar refractivity (Wildman–Crippen MR) is 146 cm³/mol. The van der Waals surface area contributed by atoms with Crippen molar-refractivity contribution in [2.45, 2.75) is 64.3 Å². The van der Waals surface area contributed by atoms with Gasteiger partial charge in [-0.05, 0) is 76.0 Å². The molecule has 1 aromatic rings. The van der Waals surface area contributed by atoms with Gasteiger partial charge >= 0.3 is 5.97 Å². The van der Waals surface area contributed by atoms with E-state index in [1.54, 1.807) is 7.11 Å². The smallest absolute Gasteiger partial charge is 0.326 e. The number of hydrogen-bond acceptors (Lipinski definition) is 8. The third-order valence-electron chi connectivity index (χ3n) is 7.11. The average Bonchev–Trinajstić information content (AvgIpc) is 2.91. The van der Waals surface area contributed by atoms with Gasteiger partial charge in [0.25, 0.3) is 0 Å². The van der Waals surface area contributed by atoms with Crippen LogP contribution in [-0.4, -0.2) is 79.0 Å². The Balaban J connectivity index is 1.48. The molecular weight excluding hydrogens is 470 g/mol. The van der Waals surface area contributed by atoms with E-state index in [0.717, 1.165) is 51.7 Å². The minimum absolute atomic E-state index is 0.386. The van der Waals surface area contributed by atoms with Gasteiger partial charge in [0.05, 0.1) is 26.1 Å². The second kappa shape index (κ2) is 15.4. The van der Waals surface area contributed by atoms with Crippen molar-refractivity contribution in [3.05, 3.63) is 47.0 Å². The van der Waals surface area contributed by atoms with Crippen molar-refractivity contribution >= 4 is 11.8 Å². The molecule has 0 fully saturated rings. The molecule has 204 valence electrons. The lowest BCUT2D eigenvalue weighted by atomic mass is 9.91. The highest BCUT2D eigenvalue weighted by atomic mass is 16.5. The summed E-state index contributed by atoms with van der Waals surface area (Å²) in [6.07, 6.45) is 15.9. The molecule has 0 bridgehead atoms. The van der Waals surface area contributed by atoms with Gasteiger partial charge in [-0.1, -0.05) is 17.7 Å². The number of rotatable bonds is 15. The number of unbranched alkanes of at least 4 members (excludes halogenated alkanes) is 1. The molecule has 0 saturated heterocycles. The summed E-state index contributed by atoms with van der Waals surface area (Å²) in [6, 6.07) is -0.755. The molecule has 9 heteroatoms. The Bertz CT molecular complexity index is 958. The van der Waals surface area contributed by atoms with Gasteiger partial charge in [-0.2, -0.15) is 0 Å². The van der Waals surface area contributed by atoms with Crippen LogP contribution in [0.5, 0.6) is 5.88 Å². The number of methoxy groups -OCH3 is 2. The second-order valence-electron chi connectivity index (χ2n) is 9.73. The predicted octanol–water partition coefficient (Wildman–Crippen LogP) is 4.16. The fourth-order valence-corrected chi connectivity index (χ4v) is 4.78. The first-order valence-corrected chi connectivity index (χ1v) is 13.4. The summed E-state index contributed by atoms with van der Waals surface area (Å²) in [5.41, 5.74) is 5.87. The minimum Gasteiger partial charge on any atom is -0.480 e. The lowest BCUT2D eigenvalue weighted by molar-refractivity contribution is -0.138. The maximum atomic E-state index is 11.9. The van der Waals surface area contributed by atoms with Crippen LogP contribution in [0.2, 0.25) is 0 Å². The summed E-state index contributed by atoms with van der Waals surface area (Å²) >= 11 is 0. The molecule has 0 spiro atoms. The molecule has 0 saturated carbocycles. The van der Waals surface area contributed by atoms with Crippen LogP contribution in [0.1, 0.15) is 58.3 Å². The maximum absolute atomic E-state index is 11.9.